The number of halogens is 1. The Balaban J connectivity index is 1.57. The third-order valence-electron chi connectivity index (χ3n) is 5.20. The molecule has 0 bridgehead atoms. The molecule has 2 aromatic heterocycles. The van der Waals surface area contributed by atoms with Gasteiger partial charge in [0.15, 0.2) is 0 Å². The molecule has 0 radical (unpaired) electrons. The number of hydrogen-bond donors (Lipinski definition) is 1. The maximum absolute atomic E-state index is 13.1. The quantitative estimate of drug-likeness (QED) is 0.508. The number of ether oxygens (including phenoxy) is 1. The number of carbonyl (C=O) groups is 2. The average Bonchev–Trinajstić information content (AvgIpc) is 3.38. The molecule has 32 heavy (non-hydrogen) atoms. The molecule has 1 aliphatic rings. The fraction of sp³-hybridized carbons (Fsp3) is 0.333. The lowest BCUT2D eigenvalue weighted by molar-refractivity contribution is -0.120. The molecule has 4 rings (SSSR count). The van der Waals surface area contributed by atoms with Crippen LogP contribution in [0, 0.1) is 5.92 Å². The lowest BCUT2D eigenvalue weighted by atomic mass is 9.98. The van der Waals surface area contributed by atoms with Crippen molar-refractivity contribution in [2.24, 2.45) is 5.92 Å². The van der Waals surface area contributed by atoms with Gasteiger partial charge in [-0.25, -0.2) is 13.2 Å². The van der Waals surface area contributed by atoms with Gasteiger partial charge < -0.3 is 14.5 Å². The number of para-hydroxylation sites is 1. The number of rotatable bonds is 6. The number of benzene rings is 1. The minimum atomic E-state index is -3.74. The second kappa shape index (κ2) is 9.22. The number of nitrogens with zero attached hydrogens (tertiary/aromatic N) is 1. The smallest absolute Gasteiger partial charge is 0.376 e. The van der Waals surface area contributed by atoms with Crippen LogP contribution in [-0.4, -0.2) is 44.3 Å². The predicted molar refractivity (Wildman–Crippen MR) is 122 cm³/mol. The van der Waals surface area contributed by atoms with Crippen LogP contribution in [0.3, 0.4) is 0 Å². The van der Waals surface area contributed by atoms with Crippen LogP contribution in [0.5, 0.6) is 0 Å². The van der Waals surface area contributed by atoms with E-state index in [1.807, 2.05) is 0 Å². The number of sulfonamides is 1. The number of nitrogens with one attached hydrogen (secondary N) is 1. The van der Waals surface area contributed by atoms with Gasteiger partial charge >= 0.3 is 5.97 Å². The van der Waals surface area contributed by atoms with Crippen LogP contribution in [0.1, 0.15) is 30.3 Å². The average molecular weight is 497 g/mol. The number of esters is 1. The summed E-state index contributed by atoms with van der Waals surface area (Å²) in [6.45, 7) is 2.20. The van der Waals surface area contributed by atoms with E-state index in [4.69, 9.17) is 20.8 Å². The number of carbonyl (C=O) groups excluding carboxylic acids is 2. The fourth-order valence-electron chi connectivity index (χ4n) is 3.67. The minimum Gasteiger partial charge on any atom is -0.460 e. The predicted octanol–water partition coefficient (Wildman–Crippen LogP) is 4.36. The maximum Gasteiger partial charge on any atom is 0.376 e. The van der Waals surface area contributed by atoms with Gasteiger partial charge in [0.2, 0.25) is 11.7 Å². The Kier molecular flexibility index (Phi) is 6.57. The van der Waals surface area contributed by atoms with Crippen molar-refractivity contribution in [2.45, 2.75) is 24.0 Å². The first-order valence-corrected chi connectivity index (χ1v) is 12.7. The van der Waals surface area contributed by atoms with E-state index in [1.54, 1.807) is 31.2 Å². The van der Waals surface area contributed by atoms with Crippen LogP contribution in [0.15, 0.2) is 45.0 Å². The van der Waals surface area contributed by atoms with E-state index < -0.39 is 21.9 Å². The summed E-state index contributed by atoms with van der Waals surface area (Å²) in [5, 5.41) is 3.35. The van der Waals surface area contributed by atoms with Crippen molar-refractivity contribution in [3.8, 4) is 0 Å². The summed E-state index contributed by atoms with van der Waals surface area (Å²) in [7, 11) is -3.74. The van der Waals surface area contributed by atoms with E-state index in [0.717, 1.165) is 11.3 Å². The Morgan fingerprint density at radius 2 is 2.06 bits per heavy atom. The van der Waals surface area contributed by atoms with Crippen molar-refractivity contribution in [3.63, 3.8) is 0 Å². The highest BCUT2D eigenvalue weighted by Gasteiger charge is 2.35. The molecule has 1 aromatic carbocycles. The Bertz CT molecular complexity index is 1270. The number of furan rings is 1. The van der Waals surface area contributed by atoms with Crippen LogP contribution in [0.4, 0.5) is 5.69 Å². The first-order valence-electron chi connectivity index (χ1n) is 10.1. The molecule has 0 saturated carbocycles. The standard InChI is InChI=1S/C21H21ClN2O6S2/c1-2-29-21(26)19-18(14-7-3-4-8-15(14)30-19)23-20(25)13-6-5-11-24(12-13)32(27,28)17-10-9-16(22)31-17/h3-4,7-10,13H,2,5-6,11-12H2,1H3,(H,23,25). The number of hydrogen-bond acceptors (Lipinski definition) is 7. The zero-order chi connectivity index (χ0) is 22.9. The van der Waals surface area contributed by atoms with Crippen molar-refractivity contribution < 1.29 is 27.2 Å². The van der Waals surface area contributed by atoms with Crippen LogP contribution >= 0.6 is 22.9 Å². The largest absolute Gasteiger partial charge is 0.460 e. The van der Waals surface area contributed by atoms with Crippen LogP contribution in [0.25, 0.3) is 11.0 Å². The van der Waals surface area contributed by atoms with Gasteiger partial charge in [0.05, 0.1) is 16.9 Å². The summed E-state index contributed by atoms with van der Waals surface area (Å²) in [4.78, 5) is 25.5. The van der Waals surface area contributed by atoms with Crippen molar-refractivity contribution >= 4 is 61.5 Å². The summed E-state index contributed by atoms with van der Waals surface area (Å²) >= 11 is 6.88. The Morgan fingerprint density at radius 1 is 1.28 bits per heavy atom. The molecule has 3 aromatic rings. The van der Waals surface area contributed by atoms with Gasteiger partial charge in [0.25, 0.3) is 10.0 Å². The molecule has 0 aliphatic carbocycles. The number of piperidine rings is 1. The van der Waals surface area contributed by atoms with Crippen molar-refractivity contribution in [3.05, 3.63) is 46.5 Å². The van der Waals surface area contributed by atoms with Gasteiger partial charge in [0.1, 0.15) is 15.5 Å². The molecule has 0 spiro atoms. The molecule has 1 fully saturated rings. The molecule has 11 heteroatoms. The van der Waals surface area contributed by atoms with Crippen LogP contribution < -0.4 is 5.32 Å². The molecule has 1 atom stereocenters. The summed E-state index contributed by atoms with van der Waals surface area (Å²) in [6, 6.07) is 9.95. The highest BCUT2D eigenvalue weighted by atomic mass is 35.5. The molecule has 1 aliphatic heterocycles. The van der Waals surface area contributed by atoms with Crippen LogP contribution in [-0.2, 0) is 19.6 Å². The van der Waals surface area contributed by atoms with E-state index in [2.05, 4.69) is 5.32 Å². The van der Waals surface area contributed by atoms with E-state index in [0.29, 0.717) is 34.7 Å². The Hall–Kier alpha value is -2.40. The molecule has 1 N–H and O–H groups in total. The Morgan fingerprint density at radius 3 is 2.78 bits per heavy atom. The van der Waals surface area contributed by atoms with E-state index in [9.17, 15) is 18.0 Å². The van der Waals surface area contributed by atoms with Gasteiger partial charge in [-0.15, -0.1) is 11.3 Å². The fourth-order valence-corrected chi connectivity index (χ4v) is 6.83. The maximum atomic E-state index is 13.1. The summed E-state index contributed by atoms with van der Waals surface area (Å²) in [6.07, 6.45) is 1.06. The third kappa shape index (κ3) is 4.40. The monoisotopic (exact) mass is 496 g/mol. The topological polar surface area (TPSA) is 106 Å². The number of amides is 1. The summed E-state index contributed by atoms with van der Waals surface area (Å²) < 4.78 is 38.4. The van der Waals surface area contributed by atoms with Gasteiger partial charge in [-0.1, -0.05) is 23.7 Å². The van der Waals surface area contributed by atoms with Crippen molar-refractivity contribution in [2.75, 3.05) is 25.0 Å². The third-order valence-corrected chi connectivity index (χ3v) is 8.77. The summed E-state index contributed by atoms with van der Waals surface area (Å²) in [5.74, 6) is -1.74. The van der Waals surface area contributed by atoms with Gasteiger partial charge in [-0.05, 0) is 44.0 Å². The zero-order valence-corrected chi connectivity index (χ0v) is 19.6. The summed E-state index contributed by atoms with van der Waals surface area (Å²) in [5.41, 5.74) is 0.669. The molecule has 8 nitrogen and oxygen atoms in total. The minimum absolute atomic E-state index is 0.0359. The van der Waals surface area contributed by atoms with Crippen molar-refractivity contribution in [1.82, 2.24) is 4.31 Å². The molecule has 1 unspecified atom stereocenters. The first kappa shape index (κ1) is 22.8. The van der Waals surface area contributed by atoms with Gasteiger partial charge in [-0.2, -0.15) is 4.31 Å². The normalized spacial score (nSPS) is 17.4. The highest BCUT2D eigenvalue weighted by Crippen LogP contribution is 2.34. The van der Waals surface area contributed by atoms with Crippen molar-refractivity contribution in [1.29, 1.82) is 0 Å². The highest BCUT2D eigenvalue weighted by molar-refractivity contribution is 7.91. The lowest BCUT2D eigenvalue weighted by Crippen LogP contribution is -2.43. The van der Waals surface area contributed by atoms with E-state index in [1.165, 1.54) is 16.4 Å². The van der Waals surface area contributed by atoms with Gasteiger partial charge in [0, 0.05) is 18.5 Å². The molecular formula is C21H21ClN2O6S2. The van der Waals surface area contributed by atoms with Crippen LogP contribution in [0.2, 0.25) is 4.34 Å². The molecule has 3 heterocycles. The number of thiophene rings is 1. The van der Waals surface area contributed by atoms with Gasteiger partial charge in [-0.3, -0.25) is 4.79 Å². The molecule has 1 saturated heterocycles. The Labute approximate surface area is 194 Å². The zero-order valence-electron chi connectivity index (χ0n) is 17.2. The molecular weight excluding hydrogens is 476 g/mol. The molecule has 1 amide bonds. The lowest BCUT2D eigenvalue weighted by Gasteiger charge is -2.30. The second-order valence-corrected chi connectivity index (χ2v) is 11.2. The molecule has 170 valence electrons. The number of fused-ring (bicyclic) bond motifs is 1. The SMILES string of the molecule is CCOC(=O)c1oc2ccccc2c1NC(=O)C1CCCN(S(=O)(=O)c2ccc(Cl)s2)C1. The van der Waals surface area contributed by atoms with E-state index in [-0.39, 0.29) is 34.7 Å². The number of anilines is 1. The first-order chi connectivity index (χ1) is 15.3. The van der Waals surface area contributed by atoms with E-state index >= 15 is 0 Å². The second-order valence-electron chi connectivity index (χ2n) is 7.27.